The van der Waals surface area contributed by atoms with Crippen LogP contribution in [-0.2, 0) is 0 Å². The summed E-state index contributed by atoms with van der Waals surface area (Å²) in [5.41, 5.74) is 6.92. The molecule has 0 aliphatic heterocycles. The Morgan fingerprint density at radius 2 is 2.46 bits per heavy atom. The lowest BCUT2D eigenvalue weighted by Crippen LogP contribution is -2.04. The molecule has 1 aromatic heterocycles. The van der Waals surface area contributed by atoms with Crippen molar-refractivity contribution in [2.24, 2.45) is 0 Å². The standard InChI is InChI=1S/C9H10ClN3/c1-12-4-2-3-7-6-13-9(10)5-8(7)11/h5-6,12H,4H2,1H3,(H2,11,13). The van der Waals surface area contributed by atoms with Gasteiger partial charge in [-0.1, -0.05) is 23.4 Å². The van der Waals surface area contributed by atoms with Gasteiger partial charge >= 0.3 is 0 Å². The first-order valence-corrected chi connectivity index (χ1v) is 4.16. The number of pyridine rings is 1. The molecule has 3 N–H and O–H groups in total. The normalized spacial score (nSPS) is 9.08. The molecule has 0 atom stereocenters. The van der Waals surface area contributed by atoms with E-state index in [9.17, 15) is 0 Å². The van der Waals surface area contributed by atoms with Crippen LogP contribution in [0.2, 0.25) is 5.15 Å². The van der Waals surface area contributed by atoms with E-state index in [1.807, 2.05) is 7.05 Å². The summed E-state index contributed by atoms with van der Waals surface area (Å²) in [6, 6.07) is 1.59. The molecule has 1 rings (SSSR count). The molecule has 0 unspecified atom stereocenters. The maximum Gasteiger partial charge on any atom is 0.131 e. The fourth-order valence-electron chi connectivity index (χ4n) is 0.776. The van der Waals surface area contributed by atoms with Gasteiger partial charge < -0.3 is 11.1 Å². The predicted octanol–water partition coefficient (Wildman–Crippen LogP) is 0.888. The Morgan fingerprint density at radius 1 is 1.69 bits per heavy atom. The summed E-state index contributed by atoms with van der Waals surface area (Å²) in [4.78, 5) is 3.88. The molecule has 3 nitrogen and oxygen atoms in total. The van der Waals surface area contributed by atoms with Gasteiger partial charge in [0.2, 0.25) is 0 Å². The van der Waals surface area contributed by atoms with Gasteiger partial charge in [-0.25, -0.2) is 4.98 Å². The maximum atomic E-state index is 5.66. The number of nitrogens with zero attached hydrogens (tertiary/aromatic N) is 1. The van der Waals surface area contributed by atoms with Gasteiger partial charge in [0.1, 0.15) is 5.15 Å². The van der Waals surface area contributed by atoms with E-state index in [0.717, 1.165) is 0 Å². The summed E-state index contributed by atoms with van der Waals surface area (Å²) >= 11 is 5.63. The second-order valence-corrected chi connectivity index (χ2v) is 2.81. The lowest BCUT2D eigenvalue weighted by molar-refractivity contribution is 0.938. The fourth-order valence-corrected chi connectivity index (χ4v) is 0.943. The molecule has 0 radical (unpaired) electrons. The average Bonchev–Trinajstić information content (AvgIpc) is 2.09. The number of aromatic nitrogens is 1. The SMILES string of the molecule is CNCC#Cc1cnc(Cl)cc1N. The zero-order valence-corrected chi connectivity index (χ0v) is 8.02. The molecule has 0 bridgehead atoms. The number of nitrogens with one attached hydrogen (secondary N) is 1. The Bertz CT molecular complexity index is 352. The first kappa shape index (κ1) is 9.85. The maximum absolute atomic E-state index is 5.66. The highest BCUT2D eigenvalue weighted by Gasteiger charge is 1.96. The molecule has 0 saturated heterocycles. The molecule has 4 heteroatoms. The van der Waals surface area contributed by atoms with E-state index in [4.69, 9.17) is 17.3 Å². The van der Waals surface area contributed by atoms with Crippen LogP contribution < -0.4 is 11.1 Å². The summed E-state index contributed by atoms with van der Waals surface area (Å²) in [7, 11) is 1.83. The van der Waals surface area contributed by atoms with E-state index in [1.165, 1.54) is 0 Å². The van der Waals surface area contributed by atoms with Crippen LogP contribution in [0.4, 0.5) is 5.69 Å². The van der Waals surface area contributed by atoms with Gasteiger partial charge in [0.25, 0.3) is 0 Å². The van der Waals surface area contributed by atoms with Crippen LogP contribution in [0, 0.1) is 11.8 Å². The molecule has 13 heavy (non-hydrogen) atoms. The van der Waals surface area contributed by atoms with Crippen LogP contribution in [0.15, 0.2) is 12.3 Å². The van der Waals surface area contributed by atoms with Crippen molar-refractivity contribution in [1.82, 2.24) is 10.3 Å². The molecular weight excluding hydrogens is 186 g/mol. The van der Waals surface area contributed by atoms with E-state index in [1.54, 1.807) is 12.3 Å². The van der Waals surface area contributed by atoms with Crippen molar-refractivity contribution >= 4 is 17.3 Å². The minimum Gasteiger partial charge on any atom is -0.398 e. The topological polar surface area (TPSA) is 50.9 Å². The van der Waals surface area contributed by atoms with Crippen molar-refractivity contribution in [2.45, 2.75) is 0 Å². The van der Waals surface area contributed by atoms with E-state index >= 15 is 0 Å². The van der Waals surface area contributed by atoms with E-state index < -0.39 is 0 Å². The Labute approximate surface area is 82.3 Å². The molecule has 0 aromatic carbocycles. The van der Waals surface area contributed by atoms with Crippen LogP contribution in [0.5, 0.6) is 0 Å². The Balaban J connectivity index is 2.85. The summed E-state index contributed by atoms with van der Waals surface area (Å²) in [5.74, 6) is 5.77. The monoisotopic (exact) mass is 195 g/mol. The summed E-state index contributed by atoms with van der Waals surface area (Å²) in [5, 5.41) is 3.29. The van der Waals surface area contributed by atoms with E-state index in [-0.39, 0.29) is 0 Å². The number of halogens is 1. The largest absolute Gasteiger partial charge is 0.398 e. The lowest BCUT2D eigenvalue weighted by atomic mass is 10.2. The minimum atomic E-state index is 0.386. The second-order valence-electron chi connectivity index (χ2n) is 2.43. The number of anilines is 1. The third kappa shape index (κ3) is 2.94. The third-order valence-electron chi connectivity index (χ3n) is 1.39. The zero-order chi connectivity index (χ0) is 9.68. The van der Waals surface area contributed by atoms with Crippen molar-refractivity contribution in [2.75, 3.05) is 19.3 Å². The van der Waals surface area contributed by atoms with Gasteiger partial charge in [0, 0.05) is 6.20 Å². The van der Waals surface area contributed by atoms with Gasteiger partial charge in [-0.05, 0) is 13.1 Å². The van der Waals surface area contributed by atoms with Crippen molar-refractivity contribution < 1.29 is 0 Å². The molecule has 0 saturated carbocycles. The number of nitrogens with two attached hydrogens (primary N) is 1. The Kier molecular flexibility index (Phi) is 3.56. The quantitative estimate of drug-likeness (QED) is 0.517. The molecule has 1 heterocycles. The fraction of sp³-hybridized carbons (Fsp3) is 0.222. The summed E-state index contributed by atoms with van der Waals surface area (Å²) in [6.45, 7) is 0.627. The van der Waals surface area contributed by atoms with Gasteiger partial charge in [0.15, 0.2) is 0 Å². The predicted molar refractivity (Wildman–Crippen MR) is 54.5 cm³/mol. The minimum absolute atomic E-state index is 0.386. The highest BCUT2D eigenvalue weighted by atomic mass is 35.5. The van der Waals surface area contributed by atoms with E-state index in [2.05, 4.69) is 22.1 Å². The van der Waals surface area contributed by atoms with Crippen molar-refractivity contribution in [3.8, 4) is 11.8 Å². The highest BCUT2D eigenvalue weighted by molar-refractivity contribution is 6.29. The number of hydrogen-bond acceptors (Lipinski definition) is 3. The number of hydrogen-bond donors (Lipinski definition) is 2. The summed E-state index contributed by atoms with van der Waals surface area (Å²) in [6.07, 6.45) is 1.57. The van der Waals surface area contributed by atoms with Crippen molar-refractivity contribution in [3.05, 3.63) is 23.0 Å². The molecular formula is C9H10ClN3. The first-order valence-electron chi connectivity index (χ1n) is 3.78. The molecule has 0 aliphatic rings. The summed E-state index contributed by atoms with van der Waals surface area (Å²) < 4.78 is 0. The van der Waals surface area contributed by atoms with Crippen LogP contribution >= 0.6 is 11.6 Å². The Morgan fingerprint density at radius 3 is 3.08 bits per heavy atom. The Hall–Kier alpha value is -1.24. The molecule has 0 fully saturated rings. The molecule has 1 aromatic rings. The zero-order valence-electron chi connectivity index (χ0n) is 7.26. The van der Waals surface area contributed by atoms with Gasteiger partial charge in [0.05, 0.1) is 17.8 Å². The number of rotatable bonds is 1. The lowest BCUT2D eigenvalue weighted by Gasteiger charge is -1.96. The molecule has 0 amide bonds. The van der Waals surface area contributed by atoms with Crippen LogP contribution in [0.1, 0.15) is 5.56 Å². The molecule has 68 valence electrons. The van der Waals surface area contributed by atoms with Crippen LogP contribution in [0.25, 0.3) is 0 Å². The average molecular weight is 196 g/mol. The van der Waals surface area contributed by atoms with Crippen molar-refractivity contribution in [1.29, 1.82) is 0 Å². The van der Waals surface area contributed by atoms with Crippen molar-refractivity contribution in [3.63, 3.8) is 0 Å². The van der Waals surface area contributed by atoms with E-state index in [0.29, 0.717) is 22.9 Å². The van der Waals surface area contributed by atoms with Crippen LogP contribution in [-0.4, -0.2) is 18.6 Å². The highest BCUT2D eigenvalue weighted by Crippen LogP contribution is 2.13. The second kappa shape index (κ2) is 4.70. The van der Waals surface area contributed by atoms with Gasteiger partial charge in [-0.2, -0.15) is 0 Å². The molecule has 0 spiro atoms. The third-order valence-corrected chi connectivity index (χ3v) is 1.60. The van der Waals surface area contributed by atoms with Crippen LogP contribution in [0.3, 0.4) is 0 Å². The molecule has 0 aliphatic carbocycles. The first-order chi connectivity index (χ1) is 6.24. The van der Waals surface area contributed by atoms with Gasteiger partial charge in [-0.3, -0.25) is 0 Å². The van der Waals surface area contributed by atoms with Gasteiger partial charge in [-0.15, -0.1) is 0 Å². The number of nitrogen functional groups attached to an aromatic ring is 1. The smallest absolute Gasteiger partial charge is 0.131 e.